The van der Waals surface area contributed by atoms with Gasteiger partial charge in [0.05, 0.1) is 65.6 Å². The maximum Gasteiger partial charge on any atom is 0.303 e. The quantitative estimate of drug-likeness (QED) is 0.0220. The number of hydrogen-bond donors (Lipinski definition) is 0. The van der Waals surface area contributed by atoms with Crippen molar-refractivity contribution in [2.75, 3.05) is 13.2 Å². The maximum atomic E-state index is 13.8. The first-order valence-electron chi connectivity index (χ1n) is 32.3. The summed E-state index contributed by atoms with van der Waals surface area (Å²) in [6.45, 7) is 10.3. The van der Waals surface area contributed by atoms with E-state index in [1.165, 1.54) is 20.8 Å². The summed E-state index contributed by atoms with van der Waals surface area (Å²) in [6.07, 6.45) is -17.4. The van der Waals surface area contributed by atoms with Gasteiger partial charge in [-0.25, -0.2) is 0 Å². The lowest BCUT2D eigenvalue weighted by Crippen LogP contribution is -2.66. The first kappa shape index (κ1) is 70.6. The van der Waals surface area contributed by atoms with Gasteiger partial charge in [0, 0.05) is 30.9 Å². The van der Waals surface area contributed by atoms with Gasteiger partial charge < -0.3 is 71.1 Å². The highest BCUT2D eigenvalue weighted by molar-refractivity contribution is 8.00. The summed E-state index contributed by atoms with van der Waals surface area (Å²) in [5.74, 6) is -1.98. The minimum absolute atomic E-state index is 0.00107. The van der Waals surface area contributed by atoms with E-state index in [1.54, 1.807) is 11.8 Å². The van der Waals surface area contributed by atoms with Crippen LogP contribution in [-0.2, 0) is 132 Å². The zero-order chi connectivity index (χ0) is 66.3. The monoisotopic (exact) mass is 1320 g/mol. The smallest absolute Gasteiger partial charge is 0.303 e. The number of esters is 3. The van der Waals surface area contributed by atoms with E-state index in [1.807, 2.05) is 213 Å². The summed E-state index contributed by atoms with van der Waals surface area (Å²) in [5, 5.41) is 0.228. The Kier molecular flexibility index (Phi) is 26.9. The van der Waals surface area contributed by atoms with Crippen molar-refractivity contribution in [1.29, 1.82) is 0 Å². The van der Waals surface area contributed by atoms with Crippen LogP contribution in [0.3, 0.4) is 0 Å². The van der Waals surface area contributed by atoms with Crippen LogP contribution in [0.2, 0.25) is 0 Å². The molecule has 7 aromatic carbocycles. The molecule has 7 aromatic rings. The molecule has 15 atom stereocenters. The summed E-state index contributed by atoms with van der Waals surface area (Å²) >= 11 is 1.67. The van der Waals surface area contributed by atoms with E-state index >= 15 is 0 Å². The van der Waals surface area contributed by atoms with Crippen LogP contribution in [0.25, 0.3) is 0 Å². The largest absolute Gasteiger partial charge is 0.454 e. The standard InChI is InChI=1S/C76H86O18S/c1-50(2)95-64-40-26-25-39-61(64)47-86-75-73(91-54(6)79)70(94-76-72(90-53(5)78)68(84-45-59-35-21-11-22-36-59)65(51(3)88-76)81-42-56-29-15-8-16-30-56)67(83-44-58-33-19-10-20-34-58)63(93-75)49-87-74-71(89-52(4)77)69(85-46-60-37-23-12-24-38-60)66(82-43-57-31-17-9-18-32-57)62(92-74)48-80-41-55-27-13-7-14-28-55/h7-40,50-51,62-63,65-76H,41-49H2,1-6H3/t51-,62?,63?,65?,66+,67+,68?,69?,70?,71?,72+,73?,74+,75+,76?/m0/s1. The van der Waals surface area contributed by atoms with Gasteiger partial charge in [-0.15, -0.1) is 11.8 Å². The summed E-state index contributed by atoms with van der Waals surface area (Å²) in [7, 11) is 0. The predicted molar refractivity (Wildman–Crippen MR) is 353 cm³/mol. The lowest BCUT2D eigenvalue weighted by Gasteiger charge is -2.50. The molecule has 0 bridgehead atoms. The molecule has 504 valence electrons. The van der Waals surface area contributed by atoms with Crippen LogP contribution in [-0.4, -0.2) is 128 Å². The average Bonchev–Trinajstić information content (AvgIpc) is 0.801. The number of rotatable bonds is 32. The highest BCUT2D eigenvalue weighted by Gasteiger charge is 2.57. The molecule has 0 spiro atoms. The third-order valence-corrected chi connectivity index (χ3v) is 17.2. The van der Waals surface area contributed by atoms with Crippen LogP contribution in [0.1, 0.15) is 80.5 Å². The Balaban J connectivity index is 1.05. The number of carbonyl (C=O) groups excluding carboxylic acids is 3. The fraction of sp³-hybridized carbons (Fsp3) is 0.408. The minimum atomic E-state index is -1.44. The molecule has 0 aromatic heterocycles. The lowest BCUT2D eigenvalue weighted by molar-refractivity contribution is -0.374. The van der Waals surface area contributed by atoms with E-state index in [0.717, 1.165) is 43.8 Å². The Bertz CT molecular complexity index is 3390. The molecule has 18 nitrogen and oxygen atoms in total. The summed E-state index contributed by atoms with van der Waals surface area (Å²) in [4.78, 5) is 41.9. The maximum absolute atomic E-state index is 13.8. The van der Waals surface area contributed by atoms with Gasteiger partial charge in [0.1, 0.15) is 48.8 Å². The van der Waals surface area contributed by atoms with E-state index in [-0.39, 0.29) is 64.7 Å². The third kappa shape index (κ3) is 20.9. The third-order valence-electron chi connectivity index (χ3n) is 16.1. The number of ether oxygens (including phenoxy) is 15. The van der Waals surface area contributed by atoms with Crippen LogP contribution in [0.5, 0.6) is 0 Å². The van der Waals surface area contributed by atoms with Gasteiger partial charge in [0.25, 0.3) is 0 Å². The first-order chi connectivity index (χ1) is 46.3. The second-order valence-corrected chi connectivity index (χ2v) is 25.5. The van der Waals surface area contributed by atoms with E-state index in [9.17, 15) is 14.4 Å². The van der Waals surface area contributed by atoms with Crippen molar-refractivity contribution in [2.24, 2.45) is 0 Å². The molecular weight excluding hydrogens is 1230 g/mol. The van der Waals surface area contributed by atoms with Crippen molar-refractivity contribution in [3.8, 4) is 0 Å². The Labute approximate surface area is 560 Å². The zero-order valence-corrected chi connectivity index (χ0v) is 55.3. The van der Waals surface area contributed by atoms with E-state index in [4.69, 9.17) is 71.1 Å². The Hall–Kier alpha value is -7.18. The number of hydrogen-bond acceptors (Lipinski definition) is 19. The summed E-state index contributed by atoms with van der Waals surface area (Å²) < 4.78 is 102. The summed E-state index contributed by atoms with van der Waals surface area (Å²) in [6, 6.07) is 65.7. The van der Waals surface area contributed by atoms with Gasteiger partial charge in [0.2, 0.25) is 0 Å². The van der Waals surface area contributed by atoms with Gasteiger partial charge in [-0.1, -0.05) is 214 Å². The molecule has 3 aliphatic heterocycles. The second-order valence-electron chi connectivity index (χ2n) is 23.8. The van der Waals surface area contributed by atoms with Crippen LogP contribution in [0, 0.1) is 0 Å². The molecule has 3 saturated heterocycles. The molecule has 0 saturated carbocycles. The Morgan fingerprint density at radius 1 is 0.358 bits per heavy atom. The lowest BCUT2D eigenvalue weighted by atomic mass is 9.95. The second kappa shape index (κ2) is 36.2. The van der Waals surface area contributed by atoms with Crippen molar-refractivity contribution in [1.82, 2.24) is 0 Å². The van der Waals surface area contributed by atoms with Gasteiger partial charge in [-0.3, -0.25) is 14.4 Å². The summed E-state index contributed by atoms with van der Waals surface area (Å²) in [5.41, 5.74) is 6.05. The van der Waals surface area contributed by atoms with Gasteiger partial charge in [-0.05, 0) is 51.9 Å². The average molecular weight is 1320 g/mol. The molecule has 0 amide bonds. The van der Waals surface area contributed by atoms with Crippen LogP contribution >= 0.6 is 11.8 Å². The molecule has 3 aliphatic rings. The first-order valence-corrected chi connectivity index (χ1v) is 33.2. The molecule has 95 heavy (non-hydrogen) atoms. The fourth-order valence-electron chi connectivity index (χ4n) is 11.7. The molecule has 10 rings (SSSR count). The van der Waals surface area contributed by atoms with Crippen molar-refractivity contribution < 1.29 is 85.4 Å². The van der Waals surface area contributed by atoms with Gasteiger partial charge in [-0.2, -0.15) is 0 Å². The molecule has 3 heterocycles. The topological polar surface area (TPSA) is 190 Å². The van der Waals surface area contributed by atoms with Gasteiger partial charge in [0.15, 0.2) is 37.2 Å². The molecule has 0 radical (unpaired) electrons. The highest BCUT2D eigenvalue weighted by atomic mass is 32.2. The predicted octanol–water partition coefficient (Wildman–Crippen LogP) is 12.2. The van der Waals surface area contributed by atoms with Crippen molar-refractivity contribution in [2.45, 2.75) is 190 Å². The highest BCUT2D eigenvalue weighted by Crippen LogP contribution is 2.39. The molecular formula is C76H86O18S. The normalized spacial score (nSPS) is 25.9. The van der Waals surface area contributed by atoms with Crippen molar-refractivity contribution in [3.63, 3.8) is 0 Å². The number of carbonyl (C=O) groups is 3. The fourth-order valence-corrected chi connectivity index (χ4v) is 12.6. The molecule has 0 N–H and O–H groups in total. The zero-order valence-electron chi connectivity index (χ0n) is 54.5. The number of thioether (sulfide) groups is 1. The van der Waals surface area contributed by atoms with Gasteiger partial charge >= 0.3 is 17.9 Å². The van der Waals surface area contributed by atoms with E-state index < -0.39 is 110 Å². The molecule has 19 heteroatoms. The minimum Gasteiger partial charge on any atom is -0.454 e. The van der Waals surface area contributed by atoms with E-state index in [0.29, 0.717) is 0 Å². The Morgan fingerprint density at radius 3 is 1.15 bits per heavy atom. The van der Waals surface area contributed by atoms with Crippen LogP contribution < -0.4 is 0 Å². The molecule has 3 fully saturated rings. The molecule has 0 aliphatic carbocycles. The van der Waals surface area contributed by atoms with Crippen molar-refractivity contribution >= 4 is 29.7 Å². The number of benzene rings is 7. The van der Waals surface area contributed by atoms with Crippen molar-refractivity contribution in [3.05, 3.63) is 245 Å². The Morgan fingerprint density at radius 2 is 0.705 bits per heavy atom. The van der Waals surface area contributed by atoms with E-state index in [2.05, 4.69) is 13.8 Å². The SMILES string of the molecule is CC(=O)OC1C(OCc2ccccc2)[C@H](OCc2ccccc2)C(COCc2ccccc2)O[C@H]1OCC1O[C@@H](OCc2ccccc2SC(C)C)C(OC(C)=O)C(OC2O[C@@H](C)C(OCc3ccccc3)C(OCc3ccccc3)[C@H]2OC(C)=O)[C@@H]1OCc1ccccc1. The van der Waals surface area contributed by atoms with Crippen LogP contribution in [0.15, 0.2) is 211 Å². The molecule has 9 unspecified atom stereocenters. The van der Waals surface area contributed by atoms with Crippen LogP contribution in [0.4, 0.5) is 0 Å².